The van der Waals surface area contributed by atoms with Crippen LogP contribution >= 0.6 is 0 Å². The van der Waals surface area contributed by atoms with Crippen LogP contribution in [-0.4, -0.2) is 169 Å². The zero-order valence-electron chi connectivity index (χ0n) is 46.6. The summed E-state index contributed by atoms with van der Waals surface area (Å²) in [5.41, 5.74) is 10.9. The van der Waals surface area contributed by atoms with E-state index in [0.29, 0.717) is 44.0 Å². The number of hydrogen-bond donors (Lipinski definition) is 4. The van der Waals surface area contributed by atoms with Gasteiger partial charge < -0.3 is 44.1 Å². The van der Waals surface area contributed by atoms with E-state index in [-0.39, 0.29) is 67.1 Å². The molecule has 0 unspecified atom stereocenters. The minimum Gasteiger partial charge on any atom is -0.508 e. The maximum atomic E-state index is 14.9. The van der Waals surface area contributed by atoms with Crippen LogP contribution in [0.5, 0.6) is 5.75 Å². The van der Waals surface area contributed by atoms with Gasteiger partial charge in [-0.1, -0.05) is 38.8 Å². The summed E-state index contributed by atoms with van der Waals surface area (Å²) in [4.78, 5) is 81.2. The van der Waals surface area contributed by atoms with Gasteiger partial charge in [0.05, 0.1) is 42.5 Å². The van der Waals surface area contributed by atoms with Crippen molar-refractivity contribution in [3.05, 3.63) is 65.5 Å². The number of fused-ring (bicyclic) bond motifs is 1. The maximum Gasteiger partial charge on any atom is 0.293 e. The Kier molecular flexibility index (Phi) is 17.3. The average molecular weight is 1060 g/mol. The van der Waals surface area contributed by atoms with Gasteiger partial charge in [-0.15, -0.1) is 0 Å². The summed E-state index contributed by atoms with van der Waals surface area (Å²) < 4.78 is 13.7. The van der Waals surface area contributed by atoms with E-state index in [9.17, 15) is 29.1 Å². The molecule has 5 atom stereocenters. The number of hydrazine groups is 1. The molecule has 2 aromatic heterocycles. The average Bonchev–Trinajstić information content (AvgIpc) is 4.44. The predicted octanol–water partition coefficient (Wildman–Crippen LogP) is 5.68. The summed E-state index contributed by atoms with van der Waals surface area (Å²) in [7, 11) is 7.12. The summed E-state index contributed by atoms with van der Waals surface area (Å²) in [5.74, 6) is -0.761. The molecule has 5 heterocycles. The van der Waals surface area contributed by atoms with Crippen LogP contribution in [0.2, 0.25) is 0 Å². The number of aryl methyl sites for hydroxylation is 1. The molecule has 18 heteroatoms. The van der Waals surface area contributed by atoms with Crippen molar-refractivity contribution in [2.24, 2.45) is 17.3 Å². The Labute approximate surface area is 454 Å². The number of methoxy groups -OCH3 is 1. The second-order valence-electron chi connectivity index (χ2n) is 23.3. The largest absolute Gasteiger partial charge is 0.508 e. The van der Waals surface area contributed by atoms with E-state index in [1.165, 1.54) is 9.80 Å². The molecule has 4 N–H and O–H groups in total. The Bertz CT molecular complexity index is 2790. The molecule has 5 aliphatic rings. The number of ether oxygens (including phenoxy) is 2. The highest BCUT2D eigenvalue weighted by Gasteiger charge is 2.52. The Hall–Kier alpha value is -6.08. The number of nitrogens with zero attached hydrogens (tertiary/aromatic N) is 7. The second kappa shape index (κ2) is 23.9. The SMILES string of the molecule is CCn1c(-c2cc(N3CCN(C)CC3)cnc2[C@H](C)OC)c(CC(C)(C)COC=O)c2cc(-c3cc(O)cc(C[C@H](NC(=O)[C@H](C4CCCC4)N(C)C(=O)CN(C)C(=O)[C@@H]4N[C@@H]4C4CC4)C(=O)N4CCCCN4)c3)ccc21. The van der Waals surface area contributed by atoms with Crippen LogP contribution in [0.4, 0.5) is 5.69 Å². The maximum absolute atomic E-state index is 14.9. The zero-order chi connectivity index (χ0) is 54.7. The van der Waals surface area contributed by atoms with Crippen molar-refractivity contribution in [2.45, 2.75) is 129 Å². The van der Waals surface area contributed by atoms with E-state index in [1.54, 1.807) is 38.3 Å². The van der Waals surface area contributed by atoms with Crippen LogP contribution in [0.25, 0.3) is 33.3 Å². The van der Waals surface area contributed by atoms with Crippen molar-refractivity contribution in [3.8, 4) is 28.1 Å². The van der Waals surface area contributed by atoms with Crippen LogP contribution in [0.1, 0.15) is 102 Å². The van der Waals surface area contributed by atoms with Crippen molar-refractivity contribution in [1.29, 1.82) is 0 Å². The van der Waals surface area contributed by atoms with Crippen LogP contribution in [0.3, 0.4) is 0 Å². The van der Waals surface area contributed by atoms with Crippen LogP contribution in [0, 0.1) is 17.3 Å². The lowest BCUT2D eigenvalue weighted by atomic mass is 9.84. The van der Waals surface area contributed by atoms with Crippen LogP contribution in [-0.2, 0) is 52.8 Å². The fraction of sp³-hybridized carbons (Fsp3) is 0.593. The molecule has 5 fully saturated rings. The molecule has 77 heavy (non-hydrogen) atoms. The number of pyridine rings is 1. The third kappa shape index (κ3) is 12.6. The number of likely N-dealkylation sites (N-methyl/N-ethyl adjacent to an activating group) is 3. The number of aromatic hydroxyl groups is 1. The number of carbonyl (C=O) groups is 5. The molecule has 3 saturated heterocycles. The number of carbonyl (C=O) groups excluding carboxylic acids is 5. The zero-order valence-corrected chi connectivity index (χ0v) is 46.6. The van der Waals surface area contributed by atoms with Crippen molar-refractivity contribution in [1.82, 2.24) is 45.3 Å². The Morgan fingerprint density at radius 2 is 1.71 bits per heavy atom. The summed E-state index contributed by atoms with van der Waals surface area (Å²) in [6.45, 7) is 14.3. The smallest absolute Gasteiger partial charge is 0.293 e. The number of anilines is 1. The Morgan fingerprint density at radius 1 is 0.961 bits per heavy atom. The van der Waals surface area contributed by atoms with Crippen LogP contribution in [0.15, 0.2) is 48.7 Å². The first kappa shape index (κ1) is 55.7. The van der Waals surface area contributed by atoms with Crippen molar-refractivity contribution in [3.63, 3.8) is 0 Å². The fourth-order valence-corrected chi connectivity index (χ4v) is 12.3. The van der Waals surface area contributed by atoms with Crippen molar-refractivity contribution < 1.29 is 38.6 Å². The highest BCUT2D eigenvalue weighted by Crippen LogP contribution is 2.44. The molecule has 2 saturated carbocycles. The highest BCUT2D eigenvalue weighted by atomic mass is 16.5. The van der Waals surface area contributed by atoms with Gasteiger partial charge in [-0.3, -0.25) is 39.3 Å². The lowest BCUT2D eigenvalue weighted by Crippen LogP contribution is -2.60. The van der Waals surface area contributed by atoms with Gasteiger partial charge in [0.15, 0.2) is 0 Å². The predicted molar refractivity (Wildman–Crippen MR) is 297 cm³/mol. The molecule has 3 aliphatic heterocycles. The molecule has 0 bridgehead atoms. The number of rotatable bonds is 22. The van der Waals surface area contributed by atoms with Gasteiger partial charge in [-0.25, -0.2) is 5.43 Å². The number of benzene rings is 2. The number of piperazine rings is 1. The molecular weight excluding hydrogens is 977 g/mol. The molecular formula is C59H82N10O8. The van der Waals surface area contributed by atoms with E-state index in [0.717, 1.165) is 128 Å². The van der Waals surface area contributed by atoms with Gasteiger partial charge in [0, 0.05) is 101 Å². The Balaban J connectivity index is 1.06. The first-order valence-electron chi connectivity index (χ1n) is 28.1. The number of aromatic nitrogens is 2. The van der Waals surface area contributed by atoms with Gasteiger partial charge in [-0.05, 0) is 130 Å². The molecule has 416 valence electrons. The molecule has 2 aliphatic carbocycles. The molecule has 0 radical (unpaired) electrons. The van der Waals surface area contributed by atoms with Crippen LogP contribution < -0.4 is 21.0 Å². The minimum atomic E-state index is -1.04. The standard InChI is InChI=1S/C59H82N10O8/c1-9-68-49-19-18-41(30-45(49)47(32-59(3,4)35-77-36-70)55(68)46-31-43(33-60-51(46)37(2)76-8)67-24-22-64(5)23-25-67)42-26-38(27-44(71)29-42)28-48(57(74)69-21-13-12-20-61-69)62-56(73)54(40-14-10-11-15-40)66(7)50(72)34-65(6)58(75)53-52(63-53)39-16-17-39/h18-19,26-27,29-31,33,36-37,39-40,48,52-54,61,63,71H,9-17,20-25,28,32,34-35H2,1-8H3,(H,62,73)/t37-,48-,52+,53+,54-/m0/s1. The lowest BCUT2D eigenvalue weighted by molar-refractivity contribution is -0.146. The number of amides is 4. The minimum absolute atomic E-state index is 0.00748. The number of phenolic OH excluding ortho intramolecular Hbond substituents is 1. The van der Waals surface area contributed by atoms with Gasteiger partial charge in [-0.2, -0.15) is 0 Å². The molecule has 4 aromatic rings. The van der Waals surface area contributed by atoms with E-state index in [2.05, 4.69) is 82.5 Å². The quantitative estimate of drug-likeness (QED) is 0.0554. The molecule has 0 spiro atoms. The second-order valence-corrected chi connectivity index (χ2v) is 23.3. The number of phenols is 1. The molecule has 4 amide bonds. The third-order valence-corrected chi connectivity index (χ3v) is 16.9. The van der Waals surface area contributed by atoms with Gasteiger partial charge in [0.1, 0.15) is 23.9 Å². The lowest BCUT2D eigenvalue weighted by Gasteiger charge is -2.35. The third-order valence-electron chi connectivity index (χ3n) is 16.9. The first-order chi connectivity index (χ1) is 37.0. The highest BCUT2D eigenvalue weighted by molar-refractivity contribution is 5.97. The summed E-state index contributed by atoms with van der Waals surface area (Å²) in [6.07, 6.45) is 9.59. The summed E-state index contributed by atoms with van der Waals surface area (Å²) >= 11 is 0. The number of hydrogen-bond acceptors (Lipinski definition) is 13. The monoisotopic (exact) mass is 1060 g/mol. The van der Waals surface area contributed by atoms with Crippen molar-refractivity contribution >= 4 is 46.7 Å². The van der Waals surface area contributed by atoms with Gasteiger partial charge in [0.2, 0.25) is 17.7 Å². The van der Waals surface area contributed by atoms with Crippen molar-refractivity contribution in [2.75, 3.05) is 85.6 Å². The molecule has 18 nitrogen and oxygen atoms in total. The summed E-state index contributed by atoms with van der Waals surface area (Å²) in [5, 5.41) is 20.6. The topological polar surface area (TPSA) is 204 Å². The molecule has 9 rings (SSSR count). The Morgan fingerprint density at radius 3 is 2.39 bits per heavy atom. The van der Waals surface area contributed by atoms with E-state index in [1.807, 2.05) is 19.2 Å². The molecule has 2 aromatic carbocycles. The first-order valence-corrected chi connectivity index (χ1v) is 28.1. The fourth-order valence-electron chi connectivity index (χ4n) is 12.3. The van der Waals surface area contributed by atoms with Gasteiger partial charge >= 0.3 is 0 Å². The number of nitrogens with one attached hydrogen (secondary N) is 3. The van der Waals surface area contributed by atoms with E-state index < -0.39 is 23.4 Å². The normalized spacial score (nSPS) is 20.4. The van der Waals surface area contributed by atoms with Gasteiger partial charge in [0.25, 0.3) is 12.4 Å². The van der Waals surface area contributed by atoms with E-state index in [4.69, 9.17) is 14.5 Å². The van der Waals surface area contributed by atoms with E-state index >= 15 is 0 Å². The summed E-state index contributed by atoms with van der Waals surface area (Å²) in [6, 6.07) is 11.9.